The molecule has 0 saturated heterocycles. The average molecular weight is 195 g/mol. The fourth-order valence-corrected chi connectivity index (χ4v) is 3.15. The van der Waals surface area contributed by atoms with Crippen molar-refractivity contribution < 1.29 is 0 Å². The topological polar surface area (TPSA) is 12.0 Å². The van der Waals surface area contributed by atoms with E-state index in [1.165, 1.54) is 57.9 Å². The van der Waals surface area contributed by atoms with Gasteiger partial charge in [-0.15, -0.1) is 0 Å². The number of nitrogens with one attached hydrogen (secondary N) is 1. The molecule has 1 nitrogen and oxygen atoms in total. The van der Waals surface area contributed by atoms with Crippen molar-refractivity contribution in [2.45, 2.75) is 64.3 Å². The molecule has 1 heteroatoms. The van der Waals surface area contributed by atoms with E-state index in [0.29, 0.717) is 0 Å². The predicted molar refractivity (Wildman–Crippen MR) is 61.4 cm³/mol. The van der Waals surface area contributed by atoms with Crippen LogP contribution in [0.2, 0.25) is 0 Å². The molecule has 82 valence electrons. The van der Waals surface area contributed by atoms with Crippen molar-refractivity contribution in [3.8, 4) is 0 Å². The van der Waals surface area contributed by atoms with Gasteiger partial charge in [0, 0.05) is 6.04 Å². The second-order valence-corrected chi connectivity index (χ2v) is 5.53. The fraction of sp³-hybridized carbons (Fsp3) is 1.00. The molecular weight excluding hydrogens is 170 g/mol. The van der Waals surface area contributed by atoms with E-state index < -0.39 is 0 Å². The minimum absolute atomic E-state index is 0.861. The molecule has 2 aliphatic rings. The molecule has 2 atom stereocenters. The monoisotopic (exact) mass is 195 g/mol. The quantitative estimate of drug-likeness (QED) is 0.728. The molecule has 0 spiro atoms. The van der Waals surface area contributed by atoms with E-state index in [1.54, 1.807) is 0 Å². The van der Waals surface area contributed by atoms with Gasteiger partial charge in [-0.2, -0.15) is 0 Å². The van der Waals surface area contributed by atoms with Crippen molar-refractivity contribution in [3.63, 3.8) is 0 Å². The van der Waals surface area contributed by atoms with E-state index >= 15 is 0 Å². The first-order chi connectivity index (χ1) is 6.84. The molecule has 0 aromatic carbocycles. The molecule has 0 amide bonds. The molecule has 1 N–H and O–H groups in total. The first-order valence-corrected chi connectivity index (χ1v) is 6.58. The van der Waals surface area contributed by atoms with Gasteiger partial charge < -0.3 is 5.32 Å². The Bertz CT molecular complexity index is 156. The molecule has 2 fully saturated rings. The van der Waals surface area contributed by atoms with Gasteiger partial charge in [0.05, 0.1) is 0 Å². The third-order valence-corrected chi connectivity index (χ3v) is 4.10. The number of hydrogen-bond acceptors (Lipinski definition) is 1. The van der Waals surface area contributed by atoms with Crippen LogP contribution in [-0.4, -0.2) is 12.6 Å². The Labute approximate surface area is 88.7 Å². The van der Waals surface area contributed by atoms with Crippen LogP contribution in [0.4, 0.5) is 0 Å². The fourth-order valence-electron chi connectivity index (χ4n) is 3.15. The predicted octanol–water partition coefficient (Wildman–Crippen LogP) is 3.34. The third kappa shape index (κ3) is 2.98. The van der Waals surface area contributed by atoms with E-state index in [4.69, 9.17) is 0 Å². The lowest BCUT2D eigenvalue weighted by molar-refractivity contribution is 0.345. The first kappa shape index (κ1) is 10.5. The highest BCUT2D eigenvalue weighted by Gasteiger charge is 2.22. The van der Waals surface area contributed by atoms with Crippen LogP contribution in [0.25, 0.3) is 0 Å². The van der Waals surface area contributed by atoms with Gasteiger partial charge in [0.1, 0.15) is 0 Å². The van der Waals surface area contributed by atoms with Gasteiger partial charge in [0.25, 0.3) is 0 Å². The molecule has 0 bridgehead atoms. The summed E-state index contributed by atoms with van der Waals surface area (Å²) in [7, 11) is 0. The summed E-state index contributed by atoms with van der Waals surface area (Å²) in [5.74, 6) is 1.99. The molecule has 2 unspecified atom stereocenters. The van der Waals surface area contributed by atoms with E-state index in [0.717, 1.165) is 17.9 Å². The van der Waals surface area contributed by atoms with Crippen molar-refractivity contribution in [2.24, 2.45) is 11.8 Å². The molecular formula is C13H25N. The van der Waals surface area contributed by atoms with Crippen molar-refractivity contribution in [1.29, 1.82) is 0 Å². The van der Waals surface area contributed by atoms with Gasteiger partial charge >= 0.3 is 0 Å². The lowest BCUT2D eigenvalue weighted by Gasteiger charge is -2.24. The van der Waals surface area contributed by atoms with Gasteiger partial charge in [0.15, 0.2) is 0 Å². The normalized spacial score (nSPS) is 34.9. The molecule has 0 aromatic heterocycles. The van der Waals surface area contributed by atoms with Crippen molar-refractivity contribution in [3.05, 3.63) is 0 Å². The summed E-state index contributed by atoms with van der Waals surface area (Å²) >= 11 is 0. The molecule has 14 heavy (non-hydrogen) atoms. The molecule has 2 saturated carbocycles. The maximum atomic E-state index is 3.78. The summed E-state index contributed by atoms with van der Waals surface area (Å²) in [5.41, 5.74) is 0. The minimum atomic E-state index is 0.861. The Hall–Kier alpha value is -0.0400. The van der Waals surface area contributed by atoms with Gasteiger partial charge in [0.2, 0.25) is 0 Å². The van der Waals surface area contributed by atoms with Crippen LogP contribution in [0, 0.1) is 11.8 Å². The lowest BCUT2D eigenvalue weighted by atomic mass is 9.95. The van der Waals surface area contributed by atoms with Gasteiger partial charge in [-0.25, -0.2) is 0 Å². The Kier molecular flexibility index (Phi) is 3.86. The molecule has 0 heterocycles. The standard InChI is InChI=1S/C13H25N/c1-11-7-8-12(9-11)10-14-13-5-3-2-4-6-13/h11-14H,2-10H2,1H3. The zero-order valence-electron chi connectivity index (χ0n) is 9.60. The summed E-state index contributed by atoms with van der Waals surface area (Å²) in [6.45, 7) is 3.70. The van der Waals surface area contributed by atoms with E-state index in [9.17, 15) is 0 Å². The number of rotatable bonds is 3. The lowest BCUT2D eigenvalue weighted by Crippen LogP contribution is -2.34. The Morgan fingerprint density at radius 3 is 2.43 bits per heavy atom. The zero-order valence-corrected chi connectivity index (χ0v) is 9.60. The van der Waals surface area contributed by atoms with Crippen molar-refractivity contribution in [2.75, 3.05) is 6.54 Å². The van der Waals surface area contributed by atoms with Crippen LogP contribution >= 0.6 is 0 Å². The average Bonchev–Trinajstić information content (AvgIpc) is 2.63. The Morgan fingerprint density at radius 2 is 1.79 bits per heavy atom. The Balaban J connectivity index is 1.61. The molecule has 0 radical (unpaired) electrons. The van der Waals surface area contributed by atoms with Crippen molar-refractivity contribution >= 4 is 0 Å². The van der Waals surface area contributed by atoms with Gasteiger partial charge in [-0.05, 0) is 44.1 Å². The first-order valence-electron chi connectivity index (χ1n) is 6.58. The van der Waals surface area contributed by atoms with Crippen LogP contribution in [0.5, 0.6) is 0 Å². The molecule has 2 aliphatic carbocycles. The zero-order chi connectivity index (χ0) is 9.80. The highest BCUT2D eigenvalue weighted by atomic mass is 14.9. The van der Waals surface area contributed by atoms with Gasteiger partial charge in [-0.3, -0.25) is 0 Å². The minimum Gasteiger partial charge on any atom is -0.314 e. The molecule has 2 rings (SSSR count). The van der Waals surface area contributed by atoms with E-state index in [2.05, 4.69) is 12.2 Å². The molecule has 0 aliphatic heterocycles. The summed E-state index contributed by atoms with van der Waals surface area (Å²) < 4.78 is 0. The van der Waals surface area contributed by atoms with Crippen LogP contribution in [0.3, 0.4) is 0 Å². The molecule has 0 aromatic rings. The van der Waals surface area contributed by atoms with Crippen LogP contribution in [0.15, 0.2) is 0 Å². The third-order valence-electron chi connectivity index (χ3n) is 4.10. The van der Waals surface area contributed by atoms with E-state index in [-0.39, 0.29) is 0 Å². The van der Waals surface area contributed by atoms with Gasteiger partial charge in [-0.1, -0.05) is 32.6 Å². The second kappa shape index (κ2) is 5.16. The largest absolute Gasteiger partial charge is 0.314 e. The second-order valence-electron chi connectivity index (χ2n) is 5.53. The van der Waals surface area contributed by atoms with Crippen LogP contribution < -0.4 is 5.32 Å². The summed E-state index contributed by atoms with van der Waals surface area (Å²) in [6.07, 6.45) is 11.7. The summed E-state index contributed by atoms with van der Waals surface area (Å²) in [6, 6.07) is 0.861. The maximum Gasteiger partial charge on any atom is 0.00671 e. The van der Waals surface area contributed by atoms with E-state index in [1.807, 2.05) is 0 Å². The smallest absolute Gasteiger partial charge is 0.00671 e. The summed E-state index contributed by atoms with van der Waals surface area (Å²) in [5, 5.41) is 3.78. The highest BCUT2D eigenvalue weighted by Crippen LogP contribution is 2.30. The van der Waals surface area contributed by atoms with Crippen LogP contribution in [-0.2, 0) is 0 Å². The van der Waals surface area contributed by atoms with Crippen LogP contribution in [0.1, 0.15) is 58.3 Å². The SMILES string of the molecule is CC1CCC(CNC2CCCCC2)C1. The maximum absolute atomic E-state index is 3.78. The van der Waals surface area contributed by atoms with Crippen molar-refractivity contribution in [1.82, 2.24) is 5.32 Å². The summed E-state index contributed by atoms with van der Waals surface area (Å²) in [4.78, 5) is 0. The highest BCUT2D eigenvalue weighted by molar-refractivity contribution is 4.78. The number of hydrogen-bond donors (Lipinski definition) is 1. The Morgan fingerprint density at radius 1 is 1.00 bits per heavy atom.